The Labute approximate surface area is 217 Å². The van der Waals surface area contributed by atoms with E-state index in [1.165, 1.54) is 12.8 Å². The van der Waals surface area contributed by atoms with E-state index in [1.54, 1.807) is 7.11 Å². The van der Waals surface area contributed by atoms with Gasteiger partial charge in [-0.05, 0) is 68.5 Å². The summed E-state index contributed by atoms with van der Waals surface area (Å²) in [7, 11) is 1.62. The van der Waals surface area contributed by atoms with Crippen LogP contribution in [-0.4, -0.2) is 53.0 Å². The molecule has 37 heavy (non-hydrogen) atoms. The van der Waals surface area contributed by atoms with Crippen LogP contribution in [0.1, 0.15) is 68.2 Å². The highest BCUT2D eigenvalue weighted by atomic mass is 16.5. The quantitative estimate of drug-likeness (QED) is 0.301. The first kappa shape index (κ1) is 26.6. The lowest BCUT2D eigenvalue weighted by atomic mass is 10.0. The normalized spacial score (nSPS) is 13.7. The minimum absolute atomic E-state index is 0.169. The molecule has 0 radical (unpaired) electrons. The van der Waals surface area contributed by atoms with Crippen LogP contribution in [0.3, 0.4) is 0 Å². The Morgan fingerprint density at radius 1 is 1.14 bits per heavy atom. The Balaban J connectivity index is 1.47. The van der Waals surface area contributed by atoms with E-state index in [0.29, 0.717) is 49.6 Å². The maximum absolute atomic E-state index is 10.6. The van der Waals surface area contributed by atoms with E-state index in [-0.39, 0.29) is 6.42 Å². The molecule has 2 heterocycles. The third kappa shape index (κ3) is 6.85. The fourth-order valence-corrected chi connectivity index (χ4v) is 4.80. The predicted molar refractivity (Wildman–Crippen MR) is 140 cm³/mol. The first-order valence-corrected chi connectivity index (χ1v) is 13.1. The van der Waals surface area contributed by atoms with Gasteiger partial charge < -0.3 is 24.4 Å². The second-order valence-electron chi connectivity index (χ2n) is 9.46. The maximum Gasteiger partial charge on any atom is 0.303 e. The van der Waals surface area contributed by atoms with Crippen LogP contribution in [0.2, 0.25) is 0 Å². The number of benzene rings is 1. The standard InChI is InChI=1S/C28H36N4O5/c1-4-19-15-21(14-18(2)26(19)36-13-12-29-11-7-10-25(33)34)27-31-28(37-32-27)22-16-23(20-8-5-6-9-20)30-24(17-22)35-3/h14-17,20,29H,4-13H2,1-3H3,(H,33,34). The van der Waals surface area contributed by atoms with Gasteiger partial charge in [-0.25, -0.2) is 4.98 Å². The summed E-state index contributed by atoms with van der Waals surface area (Å²) in [6.45, 7) is 5.90. The molecular weight excluding hydrogens is 472 g/mol. The van der Waals surface area contributed by atoms with Gasteiger partial charge >= 0.3 is 5.97 Å². The first-order valence-electron chi connectivity index (χ1n) is 13.1. The van der Waals surface area contributed by atoms with E-state index < -0.39 is 5.97 Å². The van der Waals surface area contributed by atoms with Crippen LogP contribution >= 0.6 is 0 Å². The molecule has 1 aliphatic carbocycles. The third-order valence-corrected chi connectivity index (χ3v) is 6.74. The van der Waals surface area contributed by atoms with Gasteiger partial charge in [0, 0.05) is 41.8 Å². The Morgan fingerprint density at radius 3 is 2.68 bits per heavy atom. The number of ether oxygens (including phenoxy) is 2. The smallest absolute Gasteiger partial charge is 0.303 e. The van der Waals surface area contributed by atoms with Crippen LogP contribution < -0.4 is 14.8 Å². The Morgan fingerprint density at radius 2 is 1.95 bits per heavy atom. The monoisotopic (exact) mass is 508 g/mol. The molecule has 1 saturated carbocycles. The number of pyridine rings is 1. The molecule has 0 amide bonds. The van der Waals surface area contributed by atoms with Crippen molar-refractivity contribution in [2.45, 2.75) is 64.7 Å². The Hall–Kier alpha value is -3.46. The lowest BCUT2D eigenvalue weighted by Crippen LogP contribution is -2.23. The van der Waals surface area contributed by atoms with Gasteiger partial charge in [-0.3, -0.25) is 4.79 Å². The number of rotatable bonds is 13. The second-order valence-corrected chi connectivity index (χ2v) is 9.46. The molecule has 3 aromatic rings. The maximum atomic E-state index is 10.6. The van der Waals surface area contributed by atoms with Crippen molar-refractivity contribution in [2.75, 3.05) is 26.8 Å². The van der Waals surface area contributed by atoms with E-state index in [0.717, 1.165) is 53.0 Å². The highest BCUT2D eigenvalue weighted by molar-refractivity contribution is 5.66. The fourth-order valence-electron chi connectivity index (χ4n) is 4.80. The molecular formula is C28H36N4O5. The number of nitrogens with zero attached hydrogens (tertiary/aromatic N) is 3. The van der Waals surface area contributed by atoms with Crippen LogP contribution in [-0.2, 0) is 11.2 Å². The van der Waals surface area contributed by atoms with Crippen molar-refractivity contribution in [1.82, 2.24) is 20.4 Å². The number of hydrogen-bond acceptors (Lipinski definition) is 8. The summed E-state index contributed by atoms with van der Waals surface area (Å²) in [5.41, 5.74) is 4.78. The van der Waals surface area contributed by atoms with Crippen molar-refractivity contribution in [1.29, 1.82) is 0 Å². The molecule has 0 bridgehead atoms. The minimum atomic E-state index is -0.774. The largest absolute Gasteiger partial charge is 0.492 e. The van der Waals surface area contributed by atoms with E-state index >= 15 is 0 Å². The number of carbonyl (C=O) groups is 1. The Bertz CT molecular complexity index is 1200. The molecule has 0 atom stereocenters. The summed E-state index contributed by atoms with van der Waals surface area (Å²) in [6.07, 6.45) is 6.31. The van der Waals surface area contributed by atoms with E-state index in [4.69, 9.17) is 24.1 Å². The molecule has 0 spiro atoms. The van der Waals surface area contributed by atoms with Gasteiger partial charge in [0.05, 0.1) is 7.11 Å². The van der Waals surface area contributed by atoms with Crippen molar-refractivity contribution in [3.05, 3.63) is 41.1 Å². The number of aromatic nitrogens is 3. The van der Waals surface area contributed by atoms with Gasteiger partial charge in [-0.2, -0.15) is 4.98 Å². The zero-order chi connectivity index (χ0) is 26.2. The fraction of sp³-hybridized carbons (Fsp3) is 0.500. The third-order valence-electron chi connectivity index (χ3n) is 6.74. The molecule has 0 unspecified atom stereocenters. The van der Waals surface area contributed by atoms with Crippen LogP contribution in [0.25, 0.3) is 22.8 Å². The van der Waals surface area contributed by atoms with Crippen LogP contribution in [0.5, 0.6) is 11.6 Å². The summed E-state index contributed by atoms with van der Waals surface area (Å²) in [6, 6.07) is 7.95. The number of hydrogen-bond donors (Lipinski definition) is 2. The molecule has 4 rings (SSSR count). The molecule has 1 aliphatic rings. The van der Waals surface area contributed by atoms with E-state index in [2.05, 4.69) is 22.4 Å². The number of aliphatic carboxylic acids is 1. The van der Waals surface area contributed by atoms with Gasteiger partial charge in [0.2, 0.25) is 11.7 Å². The molecule has 0 saturated heterocycles. The molecule has 9 heteroatoms. The highest BCUT2D eigenvalue weighted by Crippen LogP contribution is 2.36. The zero-order valence-corrected chi connectivity index (χ0v) is 21.9. The van der Waals surface area contributed by atoms with Crippen molar-refractivity contribution in [2.24, 2.45) is 0 Å². The van der Waals surface area contributed by atoms with Gasteiger partial charge in [-0.15, -0.1) is 0 Å². The van der Waals surface area contributed by atoms with Crippen LogP contribution in [0.15, 0.2) is 28.8 Å². The van der Waals surface area contributed by atoms with Crippen LogP contribution in [0, 0.1) is 6.92 Å². The van der Waals surface area contributed by atoms with Gasteiger partial charge in [-0.1, -0.05) is 24.9 Å². The van der Waals surface area contributed by atoms with E-state index in [1.807, 2.05) is 31.2 Å². The molecule has 2 aromatic heterocycles. The summed E-state index contributed by atoms with van der Waals surface area (Å²) >= 11 is 0. The van der Waals surface area contributed by atoms with Crippen molar-refractivity contribution >= 4 is 5.97 Å². The van der Waals surface area contributed by atoms with Crippen molar-refractivity contribution < 1.29 is 23.9 Å². The topological polar surface area (TPSA) is 120 Å². The van der Waals surface area contributed by atoms with Crippen molar-refractivity contribution in [3.8, 4) is 34.5 Å². The SMILES string of the molecule is CCc1cc(-c2noc(-c3cc(OC)nc(C4CCCC4)c3)n2)cc(C)c1OCCNCCCC(=O)O. The minimum Gasteiger partial charge on any atom is -0.492 e. The summed E-state index contributed by atoms with van der Waals surface area (Å²) < 4.78 is 17.2. The number of carboxylic acid groups (broad SMARTS) is 1. The average Bonchev–Trinajstić information content (AvgIpc) is 3.61. The molecule has 9 nitrogen and oxygen atoms in total. The molecule has 2 N–H and O–H groups in total. The average molecular weight is 509 g/mol. The van der Waals surface area contributed by atoms with Gasteiger partial charge in [0.25, 0.3) is 5.89 Å². The number of methoxy groups -OCH3 is 1. The first-order chi connectivity index (χ1) is 18.0. The number of nitrogens with one attached hydrogen (secondary N) is 1. The summed E-state index contributed by atoms with van der Waals surface area (Å²) in [5, 5.41) is 16.2. The molecule has 198 valence electrons. The lowest BCUT2D eigenvalue weighted by Gasteiger charge is -2.15. The second kappa shape index (κ2) is 12.7. The van der Waals surface area contributed by atoms with Crippen LogP contribution in [0.4, 0.5) is 0 Å². The number of carboxylic acids is 1. The Kier molecular flexibility index (Phi) is 9.11. The molecule has 1 aromatic carbocycles. The zero-order valence-electron chi connectivity index (χ0n) is 21.9. The highest BCUT2D eigenvalue weighted by Gasteiger charge is 2.22. The number of aryl methyl sites for hydroxylation is 2. The molecule has 0 aliphatic heterocycles. The van der Waals surface area contributed by atoms with Crippen molar-refractivity contribution in [3.63, 3.8) is 0 Å². The van der Waals surface area contributed by atoms with E-state index in [9.17, 15) is 4.79 Å². The predicted octanol–water partition coefficient (Wildman–Crippen LogP) is 5.17. The van der Waals surface area contributed by atoms with Gasteiger partial charge in [0.1, 0.15) is 12.4 Å². The summed E-state index contributed by atoms with van der Waals surface area (Å²) in [5.74, 6) is 2.06. The van der Waals surface area contributed by atoms with Gasteiger partial charge in [0.15, 0.2) is 0 Å². The lowest BCUT2D eigenvalue weighted by molar-refractivity contribution is -0.137. The summed E-state index contributed by atoms with van der Waals surface area (Å²) in [4.78, 5) is 20.0. The molecule has 1 fully saturated rings.